The highest BCUT2D eigenvalue weighted by molar-refractivity contribution is 7.89. The molecule has 1 amide bonds. The molecular weight excluding hydrogens is 498 g/mol. The Morgan fingerprint density at radius 3 is 2.75 bits per heavy atom. The summed E-state index contributed by atoms with van der Waals surface area (Å²) in [6.45, 7) is 2.64. The van der Waals surface area contributed by atoms with Crippen LogP contribution in [0.5, 0.6) is 5.75 Å². The van der Waals surface area contributed by atoms with Crippen molar-refractivity contribution in [3.63, 3.8) is 0 Å². The molecular formula is C26H27N3O5S2. The SMILES string of the molecule is COc1ccc2sc(N(Cc3ccco3)C(=O)C3CCCN(S(=O)(=O)c4ccc(C)cc4)C3)nc2c1. The number of aryl methyl sites for hydroxylation is 1. The first-order chi connectivity index (χ1) is 17.3. The van der Waals surface area contributed by atoms with E-state index in [9.17, 15) is 13.2 Å². The van der Waals surface area contributed by atoms with Crippen molar-refractivity contribution in [1.82, 2.24) is 9.29 Å². The molecule has 0 saturated carbocycles. The van der Waals surface area contributed by atoms with Crippen LogP contribution in [0, 0.1) is 12.8 Å². The molecule has 0 spiro atoms. The van der Waals surface area contributed by atoms with Crippen LogP contribution in [0.1, 0.15) is 24.2 Å². The van der Waals surface area contributed by atoms with Gasteiger partial charge < -0.3 is 9.15 Å². The van der Waals surface area contributed by atoms with E-state index in [-0.39, 0.29) is 23.9 Å². The van der Waals surface area contributed by atoms with E-state index in [4.69, 9.17) is 14.1 Å². The molecule has 1 atom stereocenters. The maximum absolute atomic E-state index is 13.9. The van der Waals surface area contributed by atoms with Gasteiger partial charge in [0, 0.05) is 19.2 Å². The summed E-state index contributed by atoms with van der Waals surface area (Å²) in [6, 6.07) is 16.0. The molecule has 188 valence electrons. The lowest BCUT2D eigenvalue weighted by atomic mass is 9.98. The lowest BCUT2D eigenvalue weighted by molar-refractivity contribution is -0.123. The number of carbonyl (C=O) groups is 1. The number of sulfonamides is 1. The number of ether oxygens (including phenoxy) is 1. The standard InChI is InChI=1S/C26H27N3O5S2/c1-18-7-10-22(11-8-18)36(31,32)28-13-3-5-19(16-28)25(30)29(17-21-6-4-14-34-21)26-27-23-15-20(33-2)9-12-24(23)35-26/h4,6-12,14-15,19H,3,5,13,16-17H2,1-2H3. The molecule has 8 nitrogen and oxygen atoms in total. The van der Waals surface area contributed by atoms with Crippen molar-refractivity contribution in [3.8, 4) is 5.75 Å². The molecule has 0 aliphatic carbocycles. The van der Waals surface area contributed by atoms with Crippen LogP contribution < -0.4 is 9.64 Å². The summed E-state index contributed by atoms with van der Waals surface area (Å²) in [4.78, 5) is 20.5. The number of rotatable bonds is 7. The molecule has 4 aromatic rings. The average Bonchev–Trinajstić information content (AvgIpc) is 3.56. The molecule has 0 radical (unpaired) electrons. The Kier molecular flexibility index (Phi) is 6.83. The zero-order chi connectivity index (χ0) is 25.3. The van der Waals surface area contributed by atoms with E-state index < -0.39 is 15.9 Å². The van der Waals surface area contributed by atoms with E-state index in [1.807, 2.05) is 31.2 Å². The minimum Gasteiger partial charge on any atom is -0.497 e. The fourth-order valence-corrected chi connectivity index (χ4v) is 6.85. The monoisotopic (exact) mass is 525 g/mol. The number of anilines is 1. The number of nitrogens with zero attached hydrogens (tertiary/aromatic N) is 3. The predicted octanol–water partition coefficient (Wildman–Crippen LogP) is 4.84. The van der Waals surface area contributed by atoms with Crippen molar-refractivity contribution in [1.29, 1.82) is 0 Å². The van der Waals surface area contributed by atoms with Crippen LogP contribution in [0.4, 0.5) is 5.13 Å². The summed E-state index contributed by atoms with van der Waals surface area (Å²) in [5.74, 6) is 0.657. The fourth-order valence-electron chi connectivity index (χ4n) is 4.38. The summed E-state index contributed by atoms with van der Waals surface area (Å²) >= 11 is 1.41. The molecule has 5 rings (SSSR count). The van der Waals surface area contributed by atoms with Gasteiger partial charge in [-0.05, 0) is 56.2 Å². The molecule has 36 heavy (non-hydrogen) atoms. The van der Waals surface area contributed by atoms with Crippen LogP contribution in [-0.4, -0.2) is 43.8 Å². The number of fused-ring (bicyclic) bond motifs is 1. The second-order valence-electron chi connectivity index (χ2n) is 8.85. The minimum atomic E-state index is -3.70. The smallest absolute Gasteiger partial charge is 0.243 e. The molecule has 0 bridgehead atoms. The van der Waals surface area contributed by atoms with Gasteiger partial charge in [0.25, 0.3) is 0 Å². The molecule has 2 aromatic carbocycles. The van der Waals surface area contributed by atoms with E-state index in [1.165, 1.54) is 15.6 Å². The van der Waals surface area contributed by atoms with Crippen LogP contribution in [0.25, 0.3) is 10.2 Å². The predicted molar refractivity (Wildman–Crippen MR) is 139 cm³/mol. The summed E-state index contributed by atoms with van der Waals surface area (Å²) < 4.78 is 39.8. The molecule has 1 unspecified atom stereocenters. The number of amides is 1. The second-order valence-corrected chi connectivity index (χ2v) is 11.8. The topological polar surface area (TPSA) is 93.0 Å². The normalized spacial score (nSPS) is 16.8. The third kappa shape index (κ3) is 4.88. The number of furan rings is 1. The Hall–Kier alpha value is -3.21. The molecule has 1 saturated heterocycles. The van der Waals surface area contributed by atoms with Gasteiger partial charge in [-0.2, -0.15) is 4.31 Å². The van der Waals surface area contributed by atoms with E-state index in [0.29, 0.717) is 36.0 Å². The van der Waals surface area contributed by atoms with Crippen LogP contribution in [0.2, 0.25) is 0 Å². The van der Waals surface area contributed by atoms with Crippen molar-refractivity contribution in [2.24, 2.45) is 5.92 Å². The number of methoxy groups -OCH3 is 1. The maximum atomic E-state index is 13.9. The van der Waals surface area contributed by atoms with Gasteiger partial charge in [0.2, 0.25) is 15.9 Å². The van der Waals surface area contributed by atoms with Crippen molar-refractivity contribution < 1.29 is 22.4 Å². The Morgan fingerprint density at radius 1 is 1.22 bits per heavy atom. The van der Waals surface area contributed by atoms with Crippen molar-refractivity contribution >= 4 is 42.6 Å². The van der Waals surface area contributed by atoms with Gasteiger partial charge in [-0.15, -0.1) is 0 Å². The number of carbonyl (C=O) groups excluding carboxylic acids is 1. The highest BCUT2D eigenvalue weighted by Crippen LogP contribution is 2.34. The zero-order valence-corrected chi connectivity index (χ0v) is 21.7. The number of thiazole rings is 1. The van der Waals surface area contributed by atoms with Crippen LogP contribution in [0.15, 0.2) is 70.2 Å². The Balaban J connectivity index is 1.43. The van der Waals surface area contributed by atoms with Gasteiger partial charge in [0.1, 0.15) is 11.5 Å². The molecule has 1 aliphatic heterocycles. The summed E-state index contributed by atoms with van der Waals surface area (Å²) in [5, 5.41) is 0.540. The van der Waals surface area contributed by atoms with E-state index in [1.54, 1.807) is 48.6 Å². The first-order valence-electron chi connectivity index (χ1n) is 11.7. The molecule has 0 N–H and O–H groups in total. The van der Waals surface area contributed by atoms with Crippen LogP contribution >= 0.6 is 11.3 Å². The molecule has 2 aromatic heterocycles. The summed E-state index contributed by atoms with van der Waals surface area (Å²) in [7, 11) is -2.10. The van der Waals surface area contributed by atoms with E-state index in [2.05, 4.69) is 0 Å². The number of hydrogen-bond acceptors (Lipinski definition) is 7. The minimum absolute atomic E-state index is 0.127. The maximum Gasteiger partial charge on any atom is 0.243 e. The third-order valence-electron chi connectivity index (χ3n) is 6.37. The number of hydrogen-bond donors (Lipinski definition) is 0. The quantitative estimate of drug-likeness (QED) is 0.343. The van der Waals surface area contributed by atoms with Crippen molar-refractivity contribution in [2.45, 2.75) is 31.2 Å². The van der Waals surface area contributed by atoms with Crippen LogP contribution in [0.3, 0.4) is 0 Å². The third-order valence-corrected chi connectivity index (χ3v) is 9.31. The van der Waals surface area contributed by atoms with Gasteiger partial charge >= 0.3 is 0 Å². The van der Waals surface area contributed by atoms with E-state index >= 15 is 0 Å². The lowest BCUT2D eigenvalue weighted by Crippen LogP contribution is -2.46. The number of piperidine rings is 1. The fraction of sp³-hybridized carbons (Fsp3) is 0.308. The highest BCUT2D eigenvalue weighted by atomic mass is 32.2. The molecule has 1 fully saturated rings. The number of aromatic nitrogens is 1. The van der Waals surface area contributed by atoms with Crippen molar-refractivity contribution in [3.05, 3.63) is 72.2 Å². The summed E-state index contributed by atoms with van der Waals surface area (Å²) in [6.07, 6.45) is 2.77. The highest BCUT2D eigenvalue weighted by Gasteiger charge is 2.36. The first kappa shape index (κ1) is 24.5. The van der Waals surface area contributed by atoms with Gasteiger partial charge in [0.05, 0.1) is 40.9 Å². The van der Waals surface area contributed by atoms with Gasteiger partial charge in [0.15, 0.2) is 5.13 Å². The Morgan fingerprint density at radius 2 is 2.03 bits per heavy atom. The average molecular weight is 526 g/mol. The molecule has 10 heteroatoms. The van der Waals surface area contributed by atoms with Crippen molar-refractivity contribution in [2.75, 3.05) is 25.1 Å². The molecule has 3 heterocycles. The van der Waals surface area contributed by atoms with E-state index in [0.717, 1.165) is 15.8 Å². The van der Waals surface area contributed by atoms with Gasteiger partial charge in [-0.25, -0.2) is 13.4 Å². The summed E-state index contributed by atoms with van der Waals surface area (Å²) in [5.41, 5.74) is 1.72. The molecule has 1 aliphatic rings. The lowest BCUT2D eigenvalue weighted by Gasteiger charge is -2.33. The second kappa shape index (κ2) is 10.0. The van der Waals surface area contributed by atoms with Crippen LogP contribution in [-0.2, 0) is 21.4 Å². The Labute approximate surface area is 214 Å². The van der Waals surface area contributed by atoms with Gasteiger partial charge in [-0.3, -0.25) is 9.69 Å². The first-order valence-corrected chi connectivity index (χ1v) is 14.0. The number of benzene rings is 2. The largest absolute Gasteiger partial charge is 0.497 e. The van der Waals surface area contributed by atoms with Gasteiger partial charge in [-0.1, -0.05) is 29.0 Å². The Bertz CT molecular complexity index is 1460. The zero-order valence-electron chi connectivity index (χ0n) is 20.1.